The van der Waals surface area contributed by atoms with Crippen LogP contribution < -0.4 is 9.47 Å². The van der Waals surface area contributed by atoms with Crippen molar-refractivity contribution in [1.29, 1.82) is 0 Å². The smallest absolute Gasteiger partial charge is 0.163 e. The van der Waals surface area contributed by atoms with Gasteiger partial charge in [0.05, 0.1) is 26.4 Å². The van der Waals surface area contributed by atoms with Crippen molar-refractivity contribution in [1.82, 2.24) is 4.90 Å². The fraction of sp³-hybridized carbons (Fsp3) is 0.700. The maximum Gasteiger partial charge on any atom is 0.163 e. The predicted octanol–water partition coefficient (Wildman–Crippen LogP) is 4.01. The van der Waals surface area contributed by atoms with E-state index >= 15 is 0 Å². The van der Waals surface area contributed by atoms with Gasteiger partial charge in [-0.2, -0.15) is 0 Å². The van der Waals surface area contributed by atoms with Crippen molar-refractivity contribution in [3.8, 4) is 11.5 Å². The lowest BCUT2D eigenvalue weighted by Crippen LogP contribution is -2.48. The number of benzene rings is 1. The average molecular weight is 351 g/mol. The van der Waals surface area contributed by atoms with E-state index in [-0.39, 0.29) is 11.9 Å². The molecular weight excluding hydrogens is 321 g/mol. The van der Waals surface area contributed by atoms with Crippen LogP contribution in [0.25, 0.3) is 0 Å². The Morgan fingerprint density at radius 2 is 1.88 bits per heavy atom. The molecular formula is C20H30FNO3. The highest BCUT2D eigenvalue weighted by atomic mass is 19.1. The molecule has 140 valence electrons. The Morgan fingerprint density at radius 1 is 1.16 bits per heavy atom. The number of methoxy groups -OCH3 is 2. The summed E-state index contributed by atoms with van der Waals surface area (Å²) < 4.78 is 31.3. The molecule has 2 atom stereocenters. The van der Waals surface area contributed by atoms with Crippen LogP contribution >= 0.6 is 0 Å². The van der Waals surface area contributed by atoms with Crippen LogP contribution in [0.1, 0.15) is 44.6 Å². The number of halogens is 1. The second-order valence-electron chi connectivity index (χ2n) is 7.27. The van der Waals surface area contributed by atoms with Gasteiger partial charge in [-0.3, -0.25) is 4.90 Å². The number of hydrogen-bond acceptors (Lipinski definition) is 4. The molecule has 0 bridgehead atoms. The highest BCUT2D eigenvalue weighted by Gasteiger charge is 2.38. The van der Waals surface area contributed by atoms with Crippen molar-refractivity contribution < 1.29 is 18.6 Å². The van der Waals surface area contributed by atoms with Gasteiger partial charge in [0.1, 0.15) is 5.82 Å². The summed E-state index contributed by atoms with van der Waals surface area (Å²) in [5.41, 5.74) is 0.656. The molecule has 0 aromatic heterocycles. The monoisotopic (exact) mass is 351 g/mol. The van der Waals surface area contributed by atoms with Gasteiger partial charge in [0.25, 0.3) is 0 Å². The molecule has 0 unspecified atom stereocenters. The normalized spacial score (nSPS) is 24.3. The molecule has 1 heterocycles. The molecule has 1 aliphatic carbocycles. The zero-order valence-corrected chi connectivity index (χ0v) is 15.6. The highest BCUT2D eigenvalue weighted by molar-refractivity contribution is 5.43. The SMILES string of the molecule is CCCC[C@@H]1CN(Cc2cc(OC)c(OC)cc2F)C[C@H](C2CC2)O1. The van der Waals surface area contributed by atoms with Crippen molar-refractivity contribution in [2.24, 2.45) is 5.92 Å². The van der Waals surface area contributed by atoms with E-state index in [9.17, 15) is 4.39 Å². The first-order chi connectivity index (χ1) is 12.1. The molecule has 4 nitrogen and oxygen atoms in total. The van der Waals surface area contributed by atoms with Crippen LogP contribution in [0.15, 0.2) is 12.1 Å². The van der Waals surface area contributed by atoms with Crippen LogP contribution in [0.5, 0.6) is 11.5 Å². The van der Waals surface area contributed by atoms with E-state index in [4.69, 9.17) is 14.2 Å². The van der Waals surface area contributed by atoms with Gasteiger partial charge in [0.15, 0.2) is 11.5 Å². The average Bonchev–Trinajstić information content (AvgIpc) is 3.46. The van der Waals surface area contributed by atoms with Crippen LogP contribution in [-0.4, -0.2) is 44.4 Å². The Kier molecular flexibility index (Phi) is 6.18. The quantitative estimate of drug-likeness (QED) is 0.708. The van der Waals surface area contributed by atoms with E-state index in [2.05, 4.69) is 11.8 Å². The molecule has 5 heteroatoms. The van der Waals surface area contributed by atoms with E-state index < -0.39 is 0 Å². The highest BCUT2D eigenvalue weighted by Crippen LogP contribution is 2.38. The van der Waals surface area contributed by atoms with Crippen LogP contribution in [0.2, 0.25) is 0 Å². The molecule has 1 saturated heterocycles. The lowest BCUT2D eigenvalue weighted by molar-refractivity contribution is -0.0995. The van der Waals surface area contributed by atoms with Crippen LogP contribution in [-0.2, 0) is 11.3 Å². The third-order valence-electron chi connectivity index (χ3n) is 5.24. The number of unbranched alkanes of at least 4 members (excludes halogenated alkanes) is 1. The minimum absolute atomic E-state index is 0.239. The first kappa shape index (κ1) is 18.5. The third-order valence-corrected chi connectivity index (χ3v) is 5.24. The van der Waals surface area contributed by atoms with Crippen molar-refractivity contribution in [2.75, 3.05) is 27.3 Å². The fourth-order valence-corrected chi connectivity index (χ4v) is 3.66. The molecule has 3 rings (SSSR count). The second kappa shape index (κ2) is 8.37. The summed E-state index contributed by atoms with van der Waals surface area (Å²) in [7, 11) is 3.11. The van der Waals surface area contributed by atoms with E-state index in [1.807, 2.05) is 0 Å². The summed E-state index contributed by atoms with van der Waals surface area (Å²) in [4.78, 5) is 2.34. The first-order valence-electron chi connectivity index (χ1n) is 9.42. The standard InChI is InChI=1S/C20H30FNO3/c1-4-5-6-16-12-22(13-20(25-16)14-7-8-14)11-15-9-18(23-2)19(24-3)10-17(15)21/h9-10,14,16,20H,4-8,11-13H2,1-3H3/t16-,20-/m1/s1. The number of ether oxygens (including phenoxy) is 3. The van der Waals surface area contributed by atoms with Gasteiger partial charge in [0, 0.05) is 31.3 Å². The van der Waals surface area contributed by atoms with Crippen LogP contribution in [0, 0.1) is 11.7 Å². The van der Waals surface area contributed by atoms with Gasteiger partial charge in [-0.1, -0.05) is 19.8 Å². The van der Waals surface area contributed by atoms with Crippen molar-refractivity contribution in [3.63, 3.8) is 0 Å². The van der Waals surface area contributed by atoms with Gasteiger partial charge in [0.2, 0.25) is 0 Å². The minimum atomic E-state index is -0.239. The van der Waals surface area contributed by atoms with E-state index in [0.29, 0.717) is 35.6 Å². The van der Waals surface area contributed by atoms with Gasteiger partial charge in [-0.25, -0.2) is 4.39 Å². The lowest BCUT2D eigenvalue weighted by atomic mass is 10.1. The molecule has 0 radical (unpaired) electrons. The van der Waals surface area contributed by atoms with Crippen molar-refractivity contribution in [3.05, 3.63) is 23.5 Å². The Balaban J connectivity index is 1.71. The van der Waals surface area contributed by atoms with Gasteiger partial charge < -0.3 is 14.2 Å². The Bertz CT molecular complexity index is 576. The first-order valence-corrected chi connectivity index (χ1v) is 9.42. The molecule has 1 aromatic carbocycles. The van der Waals surface area contributed by atoms with Gasteiger partial charge >= 0.3 is 0 Å². The summed E-state index contributed by atoms with van der Waals surface area (Å²) in [6, 6.07) is 3.18. The molecule has 1 saturated carbocycles. The Morgan fingerprint density at radius 3 is 2.52 bits per heavy atom. The third kappa shape index (κ3) is 4.64. The summed E-state index contributed by atoms with van der Waals surface area (Å²) in [5.74, 6) is 1.47. The molecule has 2 aliphatic rings. The zero-order valence-electron chi connectivity index (χ0n) is 15.6. The Labute approximate surface area is 150 Å². The minimum Gasteiger partial charge on any atom is -0.493 e. The summed E-state index contributed by atoms with van der Waals surface area (Å²) in [6.45, 7) is 4.55. The number of hydrogen-bond donors (Lipinski definition) is 0. The number of rotatable bonds is 8. The fourth-order valence-electron chi connectivity index (χ4n) is 3.66. The van der Waals surface area contributed by atoms with Crippen molar-refractivity contribution in [2.45, 2.75) is 57.8 Å². The Hall–Kier alpha value is -1.33. The molecule has 0 N–H and O–H groups in total. The van der Waals surface area contributed by atoms with E-state index in [1.165, 1.54) is 38.9 Å². The lowest BCUT2D eigenvalue weighted by Gasteiger charge is -2.38. The van der Waals surface area contributed by atoms with Gasteiger partial charge in [-0.15, -0.1) is 0 Å². The maximum atomic E-state index is 14.5. The van der Waals surface area contributed by atoms with Crippen LogP contribution in [0.4, 0.5) is 4.39 Å². The second-order valence-corrected chi connectivity index (χ2v) is 7.27. The maximum absolute atomic E-state index is 14.5. The largest absolute Gasteiger partial charge is 0.493 e. The number of morpholine rings is 1. The molecule has 0 amide bonds. The van der Waals surface area contributed by atoms with Crippen molar-refractivity contribution >= 4 is 0 Å². The molecule has 2 fully saturated rings. The number of nitrogens with zero attached hydrogens (tertiary/aromatic N) is 1. The molecule has 0 spiro atoms. The molecule has 25 heavy (non-hydrogen) atoms. The van der Waals surface area contributed by atoms with E-state index in [1.54, 1.807) is 13.2 Å². The topological polar surface area (TPSA) is 30.9 Å². The van der Waals surface area contributed by atoms with Gasteiger partial charge in [-0.05, 0) is 31.2 Å². The van der Waals surface area contributed by atoms with E-state index in [0.717, 1.165) is 19.5 Å². The summed E-state index contributed by atoms with van der Waals surface area (Å²) in [6.07, 6.45) is 6.55. The summed E-state index contributed by atoms with van der Waals surface area (Å²) in [5, 5.41) is 0. The zero-order chi connectivity index (χ0) is 17.8. The predicted molar refractivity (Wildman–Crippen MR) is 95.7 cm³/mol. The van der Waals surface area contributed by atoms with Crippen LogP contribution in [0.3, 0.4) is 0 Å². The molecule has 1 aromatic rings. The summed E-state index contributed by atoms with van der Waals surface area (Å²) >= 11 is 0. The molecule has 1 aliphatic heterocycles.